The first-order valence-corrected chi connectivity index (χ1v) is 8.94. The zero-order chi connectivity index (χ0) is 18.2. The quantitative estimate of drug-likeness (QED) is 0.855. The normalized spacial score (nSPS) is 13.2. The van der Waals surface area contributed by atoms with E-state index in [4.69, 9.17) is 22.1 Å². The van der Waals surface area contributed by atoms with Gasteiger partial charge in [-0.1, -0.05) is 42.8 Å². The highest BCUT2D eigenvalue weighted by Crippen LogP contribution is 2.31. The lowest BCUT2D eigenvalue weighted by molar-refractivity contribution is 0.100. The van der Waals surface area contributed by atoms with Crippen molar-refractivity contribution in [3.8, 4) is 10.8 Å². The second-order valence-electron chi connectivity index (χ2n) is 5.08. The largest absolute Gasteiger partial charge is 0.495 e. The molecule has 132 valence electrons. The van der Waals surface area contributed by atoms with Gasteiger partial charge in [0.25, 0.3) is 5.91 Å². The van der Waals surface area contributed by atoms with E-state index in [9.17, 15) is 4.79 Å². The van der Waals surface area contributed by atoms with E-state index in [-0.39, 0.29) is 0 Å². The smallest absolute Gasteiger partial charge is 0.262 e. The predicted molar refractivity (Wildman–Crippen MR) is 103 cm³/mol. The van der Waals surface area contributed by atoms with Crippen molar-refractivity contribution in [2.75, 3.05) is 7.11 Å². The van der Waals surface area contributed by atoms with E-state index in [0.29, 0.717) is 10.6 Å². The molecule has 25 heavy (non-hydrogen) atoms. The molecule has 2 heterocycles. The van der Waals surface area contributed by atoms with Gasteiger partial charge in [0.15, 0.2) is 0 Å². The van der Waals surface area contributed by atoms with Crippen LogP contribution in [-0.4, -0.2) is 22.6 Å². The minimum atomic E-state index is -0.483. The van der Waals surface area contributed by atoms with Crippen LogP contribution in [0.5, 0.6) is 5.75 Å². The number of carbonyl (C=O) groups is 1. The van der Waals surface area contributed by atoms with Crippen LogP contribution in [0.15, 0.2) is 59.7 Å². The molecule has 1 amide bonds. The number of nitrogens with two attached hydrogens (primary N) is 1. The summed E-state index contributed by atoms with van der Waals surface area (Å²) in [5.74, 6) is 0.0133. The molecule has 1 aliphatic carbocycles. The zero-order valence-corrected chi connectivity index (χ0v) is 15.7. The highest BCUT2D eigenvalue weighted by atomic mass is 35.5. The summed E-state index contributed by atoms with van der Waals surface area (Å²) in [5, 5.41) is 1.76. The fraction of sp³-hybridized carbons (Fsp3) is 0.222. The first kappa shape index (κ1) is 19.0. The van der Waals surface area contributed by atoms with Gasteiger partial charge in [-0.3, -0.25) is 9.36 Å². The lowest BCUT2D eigenvalue weighted by Crippen LogP contribution is -2.09. The van der Waals surface area contributed by atoms with Crippen molar-refractivity contribution < 1.29 is 9.53 Å². The summed E-state index contributed by atoms with van der Waals surface area (Å²) >= 11 is 7.21. The monoisotopic (exact) mass is 377 g/mol. The Labute approximate surface area is 156 Å². The molecule has 0 atom stereocenters. The molecule has 0 saturated carbocycles. The van der Waals surface area contributed by atoms with Gasteiger partial charge in [0.2, 0.25) is 0 Å². The number of halogens is 1. The van der Waals surface area contributed by atoms with Crippen LogP contribution in [0.2, 0.25) is 0 Å². The molecule has 0 radical (unpaired) electrons. The molecule has 2 aromatic rings. The predicted octanol–water partition coefficient (Wildman–Crippen LogP) is 4.45. The van der Waals surface area contributed by atoms with Crippen molar-refractivity contribution in [1.29, 1.82) is 0 Å². The van der Waals surface area contributed by atoms with Crippen LogP contribution in [0.25, 0.3) is 5.00 Å². The van der Waals surface area contributed by atoms with Gasteiger partial charge in [0.05, 0.1) is 13.4 Å². The summed E-state index contributed by atoms with van der Waals surface area (Å²) in [6.45, 7) is 2.11. The molecule has 1 aliphatic rings. The SMILES string of the molecule is CCC1=CC=CCC=C1Cl.COc1cc(-n2ccnc2)sc1C(N)=O. The lowest BCUT2D eigenvalue weighted by Gasteiger charge is -1.97. The van der Waals surface area contributed by atoms with Gasteiger partial charge in [0.1, 0.15) is 15.6 Å². The fourth-order valence-electron chi connectivity index (χ4n) is 2.13. The van der Waals surface area contributed by atoms with Gasteiger partial charge in [0, 0.05) is 23.5 Å². The van der Waals surface area contributed by atoms with Crippen molar-refractivity contribution in [2.45, 2.75) is 19.8 Å². The highest BCUT2D eigenvalue weighted by molar-refractivity contribution is 7.16. The Morgan fingerprint density at radius 1 is 1.52 bits per heavy atom. The Balaban J connectivity index is 0.000000196. The summed E-state index contributed by atoms with van der Waals surface area (Å²) in [4.78, 5) is 15.4. The highest BCUT2D eigenvalue weighted by Gasteiger charge is 2.14. The third-order valence-corrected chi connectivity index (χ3v) is 4.98. The van der Waals surface area contributed by atoms with E-state index < -0.39 is 5.91 Å². The summed E-state index contributed by atoms with van der Waals surface area (Å²) in [7, 11) is 1.51. The van der Waals surface area contributed by atoms with E-state index in [1.807, 2.05) is 6.08 Å². The van der Waals surface area contributed by atoms with Gasteiger partial charge in [-0.25, -0.2) is 4.98 Å². The Bertz CT molecular complexity index is 804. The zero-order valence-electron chi connectivity index (χ0n) is 14.1. The Kier molecular flexibility index (Phi) is 7.03. The Morgan fingerprint density at radius 3 is 2.88 bits per heavy atom. The molecule has 2 aromatic heterocycles. The minimum Gasteiger partial charge on any atom is -0.495 e. The summed E-state index contributed by atoms with van der Waals surface area (Å²) < 4.78 is 6.85. The van der Waals surface area contributed by atoms with Gasteiger partial charge in [-0.2, -0.15) is 0 Å². The summed E-state index contributed by atoms with van der Waals surface area (Å²) in [6, 6.07) is 1.76. The maximum absolute atomic E-state index is 11.1. The van der Waals surface area contributed by atoms with Crippen LogP contribution in [0.1, 0.15) is 29.4 Å². The third kappa shape index (κ3) is 5.08. The third-order valence-electron chi connectivity index (χ3n) is 3.44. The first-order valence-electron chi connectivity index (χ1n) is 7.74. The summed E-state index contributed by atoms with van der Waals surface area (Å²) in [6.07, 6.45) is 15.3. The number of aromatic nitrogens is 2. The van der Waals surface area contributed by atoms with Gasteiger partial charge < -0.3 is 10.5 Å². The molecule has 5 nitrogen and oxygen atoms in total. The average Bonchev–Trinajstić information content (AvgIpc) is 3.23. The van der Waals surface area contributed by atoms with Crippen LogP contribution in [0.4, 0.5) is 0 Å². The molecule has 3 rings (SSSR count). The van der Waals surface area contributed by atoms with Crippen molar-refractivity contribution in [3.63, 3.8) is 0 Å². The van der Waals surface area contributed by atoms with Gasteiger partial charge in [-0.05, 0) is 18.4 Å². The number of imidazole rings is 1. The number of hydrogen-bond donors (Lipinski definition) is 1. The molecular formula is C18H20ClN3O2S. The lowest BCUT2D eigenvalue weighted by atomic mass is 10.2. The number of nitrogens with zero attached hydrogens (tertiary/aromatic N) is 2. The molecular weight excluding hydrogens is 358 g/mol. The van der Waals surface area contributed by atoms with Gasteiger partial charge in [-0.15, -0.1) is 11.3 Å². The molecule has 2 N–H and O–H groups in total. The molecule has 0 bridgehead atoms. The van der Waals surface area contributed by atoms with Crippen LogP contribution in [0.3, 0.4) is 0 Å². The number of ether oxygens (including phenoxy) is 1. The number of rotatable bonds is 4. The number of hydrogen-bond acceptors (Lipinski definition) is 4. The van der Waals surface area contributed by atoms with Crippen LogP contribution >= 0.6 is 22.9 Å². The molecule has 0 saturated heterocycles. The van der Waals surface area contributed by atoms with E-state index in [1.54, 1.807) is 29.4 Å². The van der Waals surface area contributed by atoms with Crippen molar-refractivity contribution in [2.24, 2.45) is 5.73 Å². The topological polar surface area (TPSA) is 70.1 Å². The van der Waals surface area contributed by atoms with E-state index in [1.165, 1.54) is 24.0 Å². The number of carbonyl (C=O) groups excluding carboxylic acids is 1. The molecule has 0 unspecified atom stereocenters. The standard InChI is InChI=1S/C9H11Cl.C9H9N3O2S/c1-2-8-6-4-3-5-7-9(8)10;1-14-6-4-7(12-3-2-11-5-12)15-8(6)9(10)13/h3-4,6-7H,2,5H2,1H3;2-5H,1H3,(H2,10,13). The van der Waals surface area contributed by atoms with Crippen LogP contribution in [-0.2, 0) is 0 Å². The Hall–Kier alpha value is -2.31. The van der Waals surface area contributed by atoms with E-state index >= 15 is 0 Å². The molecule has 0 aromatic carbocycles. The van der Waals surface area contributed by atoms with Crippen LogP contribution < -0.4 is 10.5 Å². The fourth-order valence-corrected chi connectivity index (χ4v) is 3.35. The minimum absolute atomic E-state index is 0.418. The Morgan fingerprint density at radius 2 is 2.32 bits per heavy atom. The average molecular weight is 378 g/mol. The number of primary amides is 1. The van der Waals surface area contributed by atoms with Gasteiger partial charge >= 0.3 is 0 Å². The molecule has 0 aliphatic heterocycles. The second kappa shape index (κ2) is 9.25. The van der Waals surface area contributed by atoms with Crippen LogP contribution in [0, 0.1) is 0 Å². The first-order chi connectivity index (χ1) is 12.1. The number of methoxy groups -OCH3 is 1. The second-order valence-corrected chi connectivity index (χ2v) is 6.52. The molecule has 0 fully saturated rings. The molecule has 0 spiro atoms. The van der Waals surface area contributed by atoms with Crippen molar-refractivity contribution in [1.82, 2.24) is 9.55 Å². The van der Waals surface area contributed by atoms with E-state index in [2.05, 4.69) is 30.1 Å². The van der Waals surface area contributed by atoms with E-state index in [0.717, 1.165) is 22.9 Å². The maximum Gasteiger partial charge on any atom is 0.262 e. The van der Waals surface area contributed by atoms with Crippen molar-refractivity contribution in [3.05, 3.63) is 64.6 Å². The number of thiophene rings is 1. The number of allylic oxidation sites excluding steroid dienone is 6. The number of amides is 1. The maximum atomic E-state index is 11.1. The summed E-state index contributed by atoms with van der Waals surface area (Å²) in [5.41, 5.74) is 6.46. The van der Waals surface area contributed by atoms with Crippen molar-refractivity contribution >= 4 is 28.8 Å². The molecule has 7 heteroatoms.